The summed E-state index contributed by atoms with van der Waals surface area (Å²) in [5.41, 5.74) is 10.5. The topological polar surface area (TPSA) is 52.1 Å². The number of hydrogen-bond donors (Lipinski definition) is 0. The van der Waals surface area contributed by atoms with Gasteiger partial charge in [-0.15, -0.1) is 0 Å². The van der Waals surface area contributed by atoms with Crippen LogP contribution in [-0.2, 0) is 10.8 Å². The second-order valence-electron chi connectivity index (χ2n) is 14.9. The molecule has 4 heteroatoms. The van der Waals surface area contributed by atoms with E-state index in [0.717, 1.165) is 50.9 Å². The van der Waals surface area contributed by atoms with Gasteiger partial charge >= 0.3 is 0 Å². The zero-order valence-electron chi connectivity index (χ0n) is 27.2. The minimum atomic E-state index is 0.0562. The maximum absolute atomic E-state index is 6.14. The Kier molecular flexibility index (Phi) is 7.36. The van der Waals surface area contributed by atoms with E-state index in [-0.39, 0.29) is 16.2 Å². The van der Waals surface area contributed by atoms with E-state index in [1.165, 1.54) is 11.1 Å². The van der Waals surface area contributed by atoms with Crippen molar-refractivity contribution in [3.05, 3.63) is 107 Å². The van der Waals surface area contributed by atoms with E-state index in [4.69, 9.17) is 18.8 Å². The van der Waals surface area contributed by atoms with E-state index in [2.05, 4.69) is 146 Å². The Bertz CT molecular complexity index is 1960. The Morgan fingerprint density at radius 1 is 0.545 bits per heavy atom. The number of aromatic nitrogens is 2. The van der Waals surface area contributed by atoms with Crippen LogP contribution in [0.1, 0.15) is 84.1 Å². The van der Waals surface area contributed by atoms with Crippen LogP contribution in [-0.4, -0.2) is 9.97 Å². The minimum absolute atomic E-state index is 0.0562. The molecule has 0 aliphatic rings. The van der Waals surface area contributed by atoms with Gasteiger partial charge in [-0.05, 0) is 93.5 Å². The molecule has 0 bridgehead atoms. The minimum Gasteiger partial charge on any atom is -0.436 e. The Labute approximate surface area is 260 Å². The lowest BCUT2D eigenvalue weighted by atomic mass is 9.72. The summed E-state index contributed by atoms with van der Waals surface area (Å²) in [6.07, 6.45) is 5.31. The summed E-state index contributed by atoms with van der Waals surface area (Å²) in [6.45, 7) is 18.1. The van der Waals surface area contributed by atoms with E-state index in [9.17, 15) is 0 Å². The Balaban J connectivity index is 1.15. The fourth-order valence-corrected chi connectivity index (χ4v) is 6.08. The average molecular weight is 583 g/mol. The molecule has 2 heterocycles. The molecular weight excluding hydrogens is 540 g/mol. The largest absolute Gasteiger partial charge is 0.436 e. The van der Waals surface area contributed by atoms with Crippen molar-refractivity contribution < 1.29 is 8.83 Å². The third kappa shape index (κ3) is 6.40. The zero-order chi connectivity index (χ0) is 31.3. The van der Waals surface area contributed by atoms with Crippen LogP contribution in [0.4, 0.5) is 0 Å². The molecule has 0 aliphatic carbocycles. The van der Waals surface area contributed by atoms with Gasteiger partial charge in [0.05, 0.1) is 0 Å². The van der Waals surface area contributed by atoms with Crippen molar-refractivity contribution >= 4 is 34.4 Å². The highest BCUT2D eigenvalue weighted by Gasteiger charge is 2.28. The molecule has 0 saturated carbocycles. The molecule has 2 aromatic heterocycles. The van der Waals surface area contributed by atoms with Crippen LogP contribution >= 0.6 is 0 Å². The number of hydrogen-bond acceptors (Lipinski definition) is 4. The lowest BCUT2D eigenvalue weighted by Gasteiger charge is -2.32. The Morgan fingerprint density at radius 3 is 1.41 bits per heavy atom. The molecule has 0 spiro atoms. The number of oxazole rings is 2. The first kappa shape index (κ1) is 29.6. The van der Waals surface area contributed by atoms with Crippen molar-refractivity contribution in [3.8, 4) is 22.9 Å². The highest BCUT2D eigenvalue weighted by atomic mass is 16.4. The second-order valence-corrected chi connectivity index (χ2v) is 14.9. The van der Waals surface area contributed by atoms with Crippen molar-refractivity contribution in [2.45, 2.75) is 72.6 Å². The molecular formula is C40H42N2O2. The van der Waals surface area contributed by atoms with Crippen LogP contribution in [0, 0.1) is 5.41 Å². The van der Waals surface area contributed by atoms with Crippen LogP contribution in [0.3, 0.4) is 0 Å². The van der Waals surface area contributed by atoms with Gasteiger partial charge < -0.3 is 8.83 Å². The molecule has 6 aromatic rings. The first-order valence-corrected chi connectivity index (χ1v) is 15.4. The summed E-state index contributed by atoms with van der Waals surface area (Å²) in [6, 6.07) is 29.3. The van der Waals surface area contributed by atoms with E-state index < -0.39 is 0 Å². The van der Waals surface area contributed by atoms with E-state index in [1.54, 1.807) is 0 Å². The van der Waals surface area contributed by atoms with Gasteiger partial charge in [-0.1, -0.05) is 104 Å². The van der Waals surface area contributed by atoms with Crippen molar-refractivity contribution in [3.63, 3.8) is 0 Å². The molecule has 0 radical (unpaired) electrons. The monoisotopic (exact) mass is 582 g/mol. The van der Waals surface area contributed by atoms with Crippen molar-refractivity contribution in [2.75, 3.05) is 0 Å². The number of rotatable bonds is 6. The standard InChI is InChI=1S/C40H42N2O2/c1-38(2,3)25-40(7,8)31-20-22-35-33(24-31)42-37(44-35)29-17-13-27(14-18-29)10-9-26-11-15-28(16-12-26)36-41-32-23-30(39(4,5)6)19-21-34(32)43-36/h9-24H,25H2,1-8H3. The maximum atomic E-state index is 6.14. The van der Waals surface area contributed by atoms with Gasteiger partial charge in [-0.2, -0.15) is 0 Å². The van der Waals surface area contributed by atoms with Gasteiger partial charge in [0, 0.05) is 11.1 Å². The normalized spacial score (nSPS) is 13.0. The van der Waals surface area contributed by atoms with Gasteiger partial charge in [0.15, 0.2) is 11.2 Å². The molecule has 4 aromatic carbocycles. The fourth-order valence-electron chi connectivity index (χ4n) is 6.08. The highest BCUT2D eigenvalue weighted by molar-refractivity contribution is 5.79. The lowest BCUT2D eigenvalue weighted by molar-refractivity contribution is 0.284. The smallest absolute Gasteiger partial charge is 0.227 e. The van der Waals surface area contributed by atoms with Crippen LogP contribution < -0.4 is 0 Å². The van der Waals surface area contributed by atoms with E-state index in [0.29, 0.717) is 11.8 Å². The summed E-state index contributed by atoms with van der Waals surface area (Å²) in [5, 5.41) is 0. The average Bonchev–Trinajstić information content (AvgIpc) is 3.59. The number of nitrogens with zero attached hydrogens (tertiary/aromatic N) is 2. The van der Waals surface area contributed by atoms with Gasteiger partial charge in [0.1, 0.15) is 11.0 Å². The quantitative estimate of drug-likeness (QED) is 0.183. The lowest BCUT2D eigenvalue weighted by Crippen LogP contribution is -2.24. The Hall–Kier alpha value is -4.44. The maximum Gasteiger partial charge on any atom is 0.227 e. The SMILES string of the molecule is CC(C)(C)CC(C)(C)c1ccc2oc(-c3ccc(C=Cc4ccc(-c5nc6cc(C(C)(C)C)ccc6o5)cc4)cc3)nc2c1. The van der Waals surface area contributed by atoms with E-state index >= 15 is 0 Å². The summed E-state index contributed by atoms with van der Waals surface area (Å²) in [4.78, 5) is 9.60. The van der Waals surface area contributed by atoms with Gasteiger partial charge in [0.2, 0.25) is 11.8 Å². The summed E-state index contributed by atoms with van der Waals surface area (Å²) in [5.74, 6) is 1.28. The first-order valence-electron chi connectivity index (χ1n) is 15.4. The van der Waals surface area contributed by atoms with Crippen LogP contribution in [0.15, 0.2) is 93.8 Å². The molecule has 0 fully saturated rings. The van der Waals surface area contributed by atoms with Crippen molar-refractivity contribution in [2.24, 2.45) is 5.41 Å². The second kappa shape index (κ2) is 10.9. The number of benzene rings is 4. The summed E-state index contributed by atoms with van der Waals surface area (Å²) < 4.78 is 12.2. The molecule has 0 atom stereocenters. The summed E-state index contributed by atoms with van der Waals surface area (Å²) >= 11 is 0. The molecule has 4 nitrogen and oxygen atoms in total. The molecule has 0 N–H and O–H groups in total. The number of fused-ring (bicyclic) bond motifs is 2. The first-order chi connectivity index (χ1) is 20.7. The van der Waals surface area contributed by atoms with Gasteiger partial charge in [-0.3, -0.25) is 0 Å². The molecule has 0 amide bonds. The predicted octanol–water partition coefficient (Wildman–Crippen LogP) is 11.5. The summed E-state index contributed by atoms with van der Waals surface area (Å²) in [7, 11) is 0. The molecule has 6 rings (SSSR count). The fraction of sp³-hybridized carbons (Fsp3) is 0.300. The molecule has 44 heavy (non-hydrogen) atoms. The third-order valence-corrected chi connectivity index (χ3v) is 8.18. The zero-order valence-corrected chi connectivity index (χ0v) is 27.2. The van der Waals surface area contributed by atoms with Crippen LogP contribution in [0.5, 0.6) is 0 Å². The molecule has 224 valence electrons. The van der Waals surface area contributed by atoms with Crippen molar-refractivity contribution in [1.29, 1.82) is 0 Å². The van der Waals surface area contributed by atoms with Gasteiger partial charge in [0.25, 0.3) is 0 Å². The molecule has 0 aliphatic heterocycles. The Morgan fingerprint density at radius 2 is 0.977 bits per heavy atom. The van der Waals surface area contributed by atoms with Gasteiger partial charge in [-0.25, -0.2) is 9.97 Å². The molecule has 0 unspecified atom stereocenters. The van der Waals surface area contributed by atoms with Crippen LogP contribution in [0.25, 0.3) is 57.3 Å². The van der Waals surface area contributed by atoms with Crippen LogP contribution in [0.2, 0.25) is 0 Å². The third-order valence-electron chi connectivity index (χ3n) is 8.18. The highest BCUT2D eigenvalue weighted by Crippen LogP contribution is 2.38. The predicted molar refractivity (Wildman–Crippen MR) is 184 cm³/mol. The van der Waals surface area contributed by atoms with Crippen molar-refractivity contribution in [1.82, 2.24) is 9.97 Å². The molecule has 0 saturated heterocycles. The van der Waals surface area contributed by atoms with E-state index in [1.807, 2.05) is 6.07 Å².